The quantitative estimate of drug-likeness (QED) is 0.807. The molecule has 0 radical (unpaired) electrons. The van der Waals surface area contributed by atoms with Gasteiger partial charge in [0, 0.05) is 11.4 Å². The van der Waals surface area contributed by atoms with Crippen LogP contribution in [0.15, 0.2) is 12.1 Å². The second kappa shape index (κ2) is 6.04. The van der Waals surface area contributed by atoms with Crippen molar-refractivity contribution in [3.63, 3.8) is 0 Å². The van der Waals surface area contributed by atoms with E-state index in [1.807, 2.05) is 6.07 Å². The normalized spacial score (nSPS) is 12.4. The van der Waals surface area contributed by atoms with Crippen molar-refractivity contribution in [3.05, 3.63) is 21.3 Å². The fourth-order valence-electron chi connectivity index (χ4n) is 1.68. The van der Waals surface area contributed by atoms with Crippen LogP contribution < -0.4 is 5.32 Å². The lowest BCUT2D eigenvalue weighted by Gasteiger charge is -2.25. The summed E-state index contributed by atoms with van der Waals surface area (Å²) in [5, 5.41) is 3.52. The first-order valence-corrected chi connectivity index (χ1v) is 7.03. The van der Waals surface area contributed by atoms with Crippen molar-refractivity contribution in [3.8, 4) is 0 Å². The maximum Gasteiger partial charge on any atom is 0.0931 e. The fraction of sp³-hybridized carbons (Fsp3) is 0.692. The first kappa shape index (κ1) is 14.0. The Morgan fingerprint density at radius 1 is 1.38 bits per heavy atom. The molecule has 1 aromatic heterocycles. The van der Waals surface area contributed by atoms with Crippen molar-refractivity contribution < 1.29 is 0 Å². The van der Waals surface area contributed by atoms with E-state index < -0.39 is 0 Å². The van der Waals surface area contributed by atoms with Gasteiger partial charge in [-0.15, -0.1) is 11.3 Å². The molecule has 16 heavy (non-hydrogen) atoms. The third-order valence-electron chi connectivity index (χ3n) is 2.44. The maximum atomic E-state index is 5.94. The van der Waals surface area contributed by atoms with Crippen LogP contribution in [0.2, 0.25) is 4.34 Å². The predicted molar refractivity (Wildman–Crippen MR) is 74.5 cm³/mol. The van der Waals surface area contributed by atoms with Gasteiger partial charge >= 0.3 is 0 Å². The molecule has 3 heteroatoms. The van der Waals surface area contributed by atoms with Crippen molar-refractivity contribution in [2.75, 3.05) is 13.1 Å². The molecule has 1 heterocycles. The fourth-order valence-corrected chi connectivity index (χ4v) is 3.03. The van der Waals surface area contributed by atoms with Crippen LogP contribution in [0.3, 0.4) is 0 Å². The second-order valence-electron chi connectivity index (χ2n) is 5.57. The van der Waals surface area contributed by atoms with Crippen LogP contribution in [0.4, 0.5) is 0 Å². The monoisotopic (exact) mass is 259 g/mol. The highest BCUT2D eigenvalue weighted by Crippen LogP contribution is 2.28. The van der Waals surface area contributed by atoms with E-state index in [4.69, 9.17) is 11.6 Å². The molecule has 0 aliphatic carbocycles. The van der Waals surface area contributed by atoms with Crippen LogP contribution in [-0.2, 0) is 6.42 Å². The summed E-state index contributed by atoms with van der Waals surface area (Å²) in [7, 11) is 0. The van der Waals surface area contributed by atoms with Gasteiger partial charge in [-0.3, -0.25) is 0 Å². The summed E-state index contributed by atoms with van der Waals surface area (Å²) in [5.41, 5.74) is 0.295. The Hall–Kier alpha value is -0.0500. The van der Waals surface area contributed by atoms with Gasteiger partial charge in [0.2, 0.25) is 0 Å². The molecule has 0 aliphatic rings. The Morgan fingerprint density at radius 3 is 2.56 bits per heavy atom. The molecular weight excluding hydrogens is 238 g/mol. The molecule has 0 atom stereocenters. The van der Waals surface area contributed by atoms with Gasteiger partial charge < -0.3 is 5.32 Å². The standard InChI is InChI=1S/C13H22ClNS/c1-10(2)8-15-9-13(3,4)7-11-5-6-12(14)16-11/h5-6,10,15H,7-9H2,1-4H3. The Balaban J connectivity index is 2.39. The van der Waals surface area contributed by atoms with Crippen LogP contribution in [0, 0.1) is 11.3 Å². The van der Waals surface area contributed by atoms with Gasteiger partial charge in [-0.05, 0) is 36.4 Å². The second-order valence-corrected chi connectivity index (χ2v) is 7.37. The Kier molecular flexibility index (Phi) is 5.29. The van der Waals surface area contributed by atoms with Crippen LogP contribution in [0.5, 0.6) is 0 Å². The SMILES string of the molecule is CC(C)CNCC(C)(C)Cc1ccc(Cl)s1. The molecule has 1 rings (SSSR count). The van der Waals surface area contributed by atoms with Gasteiger partial charge in [-0.25, -0.2) is 0 Å². The Labute approximate surface area is 108 Å². The highest BCUT2D eigenvalue weighted by Gasteiger charge is 2.19. The number of halogens is 1. The molecule has 1 aromatic rings. The molecule has 1 N–H and O–H groups in total. The maximum absolute atomic E-state index is 5.94. The highest BCUT2D eigenvalue weighted by molar-refractivity contribution is 7.16. The van der Waals surface area contributed by atoms with Gasteiger partial charge in [0.05, 0.1) is 4.34 Å². The van der Waals surface area contributed by atoms with E-state index >= 15 is 0 Å². The van der Waals surface area contributed by atoms with Gasteiger partial charge in [0.15, 0.2) is 0 Å². The number of nitrogens with one attached hydrogen (secondary N) is 1. The number of thiophene rings is 1. The zero-order chi connectivity index (χ0) is 12.2. The first-order valence-electron chi connectivity index (χ1n) is 5.84. The van der Waals surface area contributed by atoms with Crippen molar-refractivity contribution in [2.45, 2.75) is 34.1 Å². The van der Waals surface area contributed by atoms with E-state index in [9.17, 15) is 0 Å². The van der Waals surface area contributed by atoms with E-state index in [-0.39, 0.29) is 0 Å². The van der Waals surface area contributed by atoms with Crippen molar-refractivity contribution in [2.24, 2.45) is 11.3 Å². The van der Waals surface area contributed by atoms with Crippen LogP contribution >= 0.6 is 22.9 Å². The van der Waals surface area contributed by atoms with Crippen LogP contribution in [0.1, 0.15) is 32.6 Å². The number of hydrogen-bond donors (Lipinski definition) is 1. The largest absolute Gasteiger partial charge is 0.316 e. The molecule has 0 fully saturated rings. The molecule has 0 saturated heterocycles. The van der Waals surface area contributed by atoms with E-state index in [0.29, 0.717) is 11.3 Å². The van der Waals surface area contributed by atoms with Crippen molar-refractivity contribution >= 4 is 22.9 Å². The molecule has 0 amide bonds. The number of rotatable bonds is 6. The molecule has 0 aliphatic heterocycles. The van der Waals surface area contributed by atoms with E-state index in [1.165, 1.54) is 4.88 Å². The Morgan fingerprint density at radius 2 is 2.06 bits per heavy atom. The smallest absolute Gasteiger partial charge is 0.0931 e. The van der Waals surface area contributed by atoms with Crippen LogP contribution in [-0.4, -0.2) is 13.1 Å². The van der Waals surface area contributed by atoms with Gasteiger partial charge in [0.25, 0.3) is 0 Å². The molecule has 1 nitrogen and oxygen atoms in total. The number of hydrogen-bond acceptors (Lipinski definition) is 2. The topological polar surface area (TPSA) is 12.0 Å². The highest BCUT2D eigenvalue weighted by atomic mass is 35.5. The summed E-state index contributed by atoms with van der Waals surface area (Å²) in [6.45, 7) is 11.2. The first-order chi connectivity index (χ1) is 7.39. The molecular formula is C13H22ClNS. The minimum Gasteiger partial charge on any atom is -0.316 e. The lowest BCUT2D eigenvalue weighted by atomic mass is 9.88. The van der Waals surface area contributed by atoms with Crippen LogP contribution in [0.25, 0.3) is 0 Å². The third kappa shape index (κ3) is 5.33. The summed E-state index contributed by atoms with van der Waals surface area (Å²) in [4.78, 5) is 1.38. The Bertz CT molecular complexity index is 317. The van der Waals surface area contributed by atoms with E-state index in [0.717, 1.165) is 23.8 Å². The zero-order valence-corrected chi connectivity index (χ0v) is 12.2. The minimum absolute atomic E-state index is 0.295. The lowest BCUT2D eigenvalue weighted by molar-refractivity contribution is 0.332. The van der Waals surface area contributed by atoms with Crippen molar-refractivity contribution in [1.29, 1.82) is 0 Å². The van der Waals surface area contributed by atoms with E-state index in [2.05, 4.69) is 39.1 Å². The van der Waals surface area contributed by atoms with Crippen molar-refractivity contribution in [1.82, 2.24) is 5.32 Å². The average molecular weight is 260 g/mol. The minimum atomic E-state index is 0.295. The average Bonchev–Trinajstić information content (AvgIpc) is 2.48. The lowest BCUT2D eigenvalue weighted by Crippen LogP contribution is -2.33. The third-order valence-corrected chi connectivity index (χ3v) is 3.67. The molecule has 0 saturated carbocycles. The summed E-state index contributed by atoms with van der Waals surface area (Å²) >= 11 is 7.63. The predicted octanol–water partition coefficient (Wildman–Crippen LogP) is 4.22. The van der Waals surface area contributed by atoms with E-state index in [1.54, 1.807) is 11.3 Å². The van der Waals surface area contributed by atoms with Gasteiger partial charge in [0.1, 0.15) is 0 Å². The summed E-state index contributed by atoms with van der Waals surface area (Å²) < 4.78 is 0.890. The molecule has 0 spiro atoms. The summed E-state index contributed by atoms with van der Waals surface area (Å²) in [5.74, 6) is 0.715. The summed E-state index contributed by atoms with van der Waals surface area (Å²) in [6, 6.07) is 4.12. The summed E-state index contributed by atoms with van der Waals surface area (Å²) in [6.07, 6.45) is 1.09. The molecule has 0 unspecified atom stereocenters. The molecule has 92 valence electrons. The zero-order valence-electron chi connectivity index (χ0n) is 10.6. The van der Waals surface area contributed by atoms with Gasteiger partial charge in [-0.2, -0.15) is 0 Å². The molecule has 0 bridgehead atoms. The van der Waals surface area contributed by atoms with Gasteiger partial charge in [-0.1, -0.05) is 39.3 Å². The molecule has 0 aromatic carbocycles.